The molecule has 1 rings (SSSR count). The maximum Gasteiger partial charge on any atom is 0.335 e. The van der Waals surface area contributed by atoms with E-state index in [9.17, 15) is 4.79 Å². The average Bonchev–Trinajstić information content (AvgIpc) is 2.03. The molecule has 0 radical (unpaired) electrons. The number of aromatic carboxylic acids is 1. The second-order valence-electron chi connectivity index (χ2n) is 2.56. The van der Waals surface area contributed by atoms with Crippen LogP contribution in [-0.2, 0) is 0 Å². The molecule has 0 heterocycles. The summed E-state index contributed by atoms with van der Waals surface area (Å²) >= 11 is 3.18. The molecule has 0 spiro atoms. The van der Waals surface area contributed by atoms with E-state index in [1.807, 2.05) is 6.07 Å². The zero-order valence-corrected chi connectivity index (χ0v) is 8.42. The van der Waals surface area contributed by atoms with Crippen LogP contribution in [0.4, 0.5) is 0 Å². The second kappa shape index (κ2) is 3.58. The molecule has 1 aromatic rings. The van der Waals surface area contributed by atoms with Gasteiger partial charge in [0.2, 0.25) is 0 Å². The van der Waals surface area contributed by atoms with Gasteiger partial charge in [-0.05, 0) is 40.5 Å². The lowest BCUT2D eigenvalue weighted by Crippen LogP contribution is -2.00. The fraction of sp³-hybridized carbons (Fsp3) is 0.111. The first-order valence-corrected chi connectivity index (χ1v) is 4.29. The Morgan fingerprint density at radius 3 is 2.69 bits per heavy atom. The molecule has 0 unspecified atom stereocenters. The molecule has 0 aliphatic heterocycles. The van der Waals surface area contributed by atoms with Crippen LogP contribution >= 0.6 is 15.9 Å². The van der Waals surface area contributed by atoms with E-state index < -0.39 is 5.97 Å². The molecule has 1 N–H and O–H groups in total. The Balaban J connectivity index is 3.41. The molecule has 13 heavy (non-hydrogen) atoms. The van der Waals surface area contributed by atoms with Crippen LogP contribution in [0.1, 0.15) is 21.5 Å². The summed E-state index contributed by atoms with van der Waals surface area (Å²) in [6, 6.07) is 4.90. The van der Waals surface area contributed by atoms with E-state index in [0.29, 0.717) is 15.6 Å². The Labute approximate surface area is 83.7 Å². The van der Waals surface area contributed by atoms with Crippen molar-refractivity contribution in [3.8, 4) is 6.07 Å². The highest BCUT2D eigenvalue weighted by molar-refractivity contribution is 9.10. The maximum atomic E-state index is 10.7. The number of carboxylic acids is 1. The van der Waals surface area contributed by atoms with Gasteiger partial charge >= 0.3 is 5.97 Å². The molecule has 0 saturated carbocycles. The molecule has 66 valence electrons. The van der Waals surface area contributed by atoms with Crippen LogP contribution in [-0.4, -0.2) is 11.1 Å². The fourth-order valence-electron chi connectivity index (χ4n) is 0.989. The molecule has 0 aliphatic rings. The number of benzene rings is 1. The van der Waals surface area contributed by atoms with Crippen molar-refractivity contribution in [3.63, 3.8) is 0 Å². The first kappa shape index (κ1) is 9.75. The number of nitrogens with zero attached hydrogens (tertiary/aromatic N) is 1. The first-order valence-electron chi connectivity index (χ1n) is 3.50. The topological polar surface area (TPSA) is 61.1 Å². The average molecular weight is 240 g/mol. The number of carbonyl (C=O) groups is 1. The summed E-state index contributed by atoms with van der Waals surface area (Å²) in [5.74, 6) is -1.01. The highest BCUT2D eigenvalue weighted by atomic mass is 79.9. The SMILES string of the molecule is Cc1cc(Br)c(C#N)cc1C(=O)O. The number of halogens is 1. The van der Waals surface area contributed by atoms with Gasteiger partial charge in [0.1, 0.15) is 6.07 Å². The third kappa shape index (κ3) is 1.87. The Kier molecular flexibility index (Phi) is 2.69. The molecule has 1 aromatic carbocycles. The highest BCUT2D eigenvalue weighted by Gasteiger charge is 2.10. The van der Waals surface area contributed by atoms with E-state index in [0.717, 1.165) is 0 Å². The van der Waals surface area contributed by atoms with Gasteiger partial charge in [0.25, 0.3) is 0 Å². The normalized spacial score (nSPS) is 9.31. The third-order valence-corrected chi connectivity index (χ3v) is 2.32. The summed E-state index contributed by atoms with van der Waals surface area (Å²) in [7, 11) is 0. The molecular weight excluding hydrogens is 234 g/mol. The predicted molar refractivity (Wildman–Crippen MR) is 50.6 cm³/mol. The molecule has 4 heteroatoms. The number of aryl methyl sites for hydroxylation is 1. The lowest BCUT2D eigenvalue weighted by atomic mass is 10.1. The van der Waals surface area contributed by atoms with E-state index in [1.54, 1.807) is 13.0 Å². The number of hydrogen-bond acceptors (Lipinski definition) is 2. The van der Waals surface area contributed by atoms with Gasteiger partial charge in [-0.3, -0.25) is 0 Å². The summed E-state index contributed by atoms with van der Waals surface area (Å²) in [6.45, 7) is 1.69. The van der Waals surface area contributed by atoms with Gasteiger partial charge < -0.3 is 5.11 Å². The monoisotopic (exact) mass is 239 g/mol. The quantitative estimate of drug-likeness (QED) is 0.819. The summed E-state index contributed by atoms with van der Waals surface area (Å²) in [4.78, 5) is 10.7. The first-order chi connectivity index (χ1) is 6.06. The summed E-state index contributed by atoms with van der Waals surface area (Å²) in [5, 5.41) is 17.4. The Morgan fingerprint density at radius 1 is 1.62 bits per heavy atom. The van der Waals surface area contributed by atoms with Gasteiger partial charge in [-0.2, -0.15) is 5.26 Å². The Morgan fingerprint density at radius 2 is 2.23 bits per heavy atom. The van der Waals surface area contributed by atoms with Crippen LogP contribution in [0.2, 0.25) is 0 Å². The summed E-state index contributed by atoms with van der Waals surface area (Å²) < 4.78 is 0.623. The smallest absolute Gasteiger partial charge is 0.335 e. The second-order valence-corrected chi connectivity index (χ2v) is 3.42. The Hall–Kier alpha value is -1.34. The van der Waals surface area contributed by atoms with Crippen molar-refractivity contribution in [2.75, 3.05) is 0 Å². The van der Waals surface area contributed by atoms with E-state index in [2.05, 4.69) is 15.9 Å². The van der Waals surface area contributed by atoms with Crippen molar-refractivity contribution in [1.82, 2.24) is 0 Å². The minimum atomic E-state index is -1.01. The van der Waals surface area contributed by atoms with Crippen molar-refractivity contribution in [3.05, 3.63) is 33.3 Å². The lowest BCUT2D eigenvalue weighted by Gasteiger charge is -2.02. The molecule has 0 bridgehead atoms. The molecule has 0 fully saturated rings. The van der Waals surface area contributed by atoms with Crippen LogP contribution in [0.15, 0.2) is 16.6 Å². The van der Waals surface area contributed by atoms with Gasteiger partial charge in [0.05, 0.1) is 11.1 Å². The van der Waals surface area contributed by atoms with Gasteiger partial charge in [-0.25, -0.2) is 4.79 Å². The zero-order chi connectivity index (χ0) is 10.0. The van der Waals surface area contributed by atoms with Crippen LogP contribution in [0.3, 0.4) is 0 Å². The van der Waals surface area contributed by atoms with Gasteiger partial charge in [0, 0.05) is 4.47 Å². The van der Waals surface area contributed by atoms with Crippen molar-refractivity contribution in [2.45, 2.75) is 6.92 Å². The fourth-order valence-corrected chi connectivity index (χ4v) is 1.54. The molecular formula is C9H6BrNO2. The van der Waals surface area contributed by atoms with E-state index in [4.69, 9.17) is 10.4 Å². The molecule has 0 aliphatic carbocycles. The molecule has 0 saturated heterocycles. The number of hydrogen-bond donors (Lipinski definition) is 1. The molecule has 3 nitrogen and oxygen atoms in total. The van der Waals surface area contributed by atoms with Crippen LogP contribution in [0.25, 0.3) is 0 Å². The van der Waals surface area contributed by atoms with E-state index in [-0.39, 0.29) is 5.56 Å². The van der Waals surface area contributed by atoms with Crippen LogP contribution in [0.5, 0.6) is 0 Å². The largest absolute Gasteiger partial charge is 0.478 e. The highest BCUT2D eigenvalue weighted by Crippen LogP contribution is 2.21. The number of carboxylic acid groups (broad SMARTS) is 1. The minimum absolute atomic E-state index is 0.166. The standard InChI is InChI=1S/C9H6BrNO2/c1-5-2-8(10)6(4-11)3-7(5)9(12)13/h2-3H,1H3,(H,12,13). The van der Waals surface area contributed by atoms with Crippen molar-refractivity contribution >= 4 is 21.9 Å². The predicted octanol–water partition coefficient (Wildman–Crippen LogP) is 2.33. The number of nitriles is 1. The van der Waals surface area contributed by atoms with Crippen LogP contribution in [0, 0.1) is 18.3 Å². The molecule has 0 amide bonds. The number of rotatable bonds is 1. The summed E-state index contributed by atoms with van der Waals surface area (Å²) in [6.07, 6.45) is 0. The van der Waals surface area contributed by atoms with Gasteiger partial charge in [-0.1, -0.05) is 0 Å². The minimum Gasteiger partial charge on any atom is -0.478 e. The van der Waals surface area contributed by atoms with E-state index in [1.165, 1.54) is 6.07 Å². The molecule has 0 aromatic heterocycles. The van der Waals surface area contributed by atoms with Crippen LogP contribution < -0.4 is 0 Å². The van der Waals surface area contributed by atoms with Crippen molar-refractivity contribution in [1.29, 1.82) is 5.26 Å². The molecule has 0 atom stereocenters. The zero-order valence-electron chi connectivity index (χ0n) is 6.84. The third-order valence-electron chi connectivity index (χ3n) is 1.66. The van der Waals surface area contributed by atoms with E-state index >= 15 is 0 Å². The van der Waals surface area contributed by atoms with Crippen molar-refractivity contribution < 1.29 is 9.90 Å². The maximum absolute atomic E-state index is 10.7. The summed E-state index contributed by atoms with van der Waals surface area (Å²) in [5.41, 5.74) is 1.14. The van der Waals surface area contributed by atoms with Gasteiger partial charge in [0.15, 0.2) is 0 Å². The Bertz CT molecular complexity index is 407. The van der Waals surface area contributed by atoms with Crippen molar-refractivity contribution in [2.24, 2.45) is 0 Å². The lowest BCUT2D eigenvalue weighted by molar-refractivity contribution is 0.0696. The van der Waals surface area contributed by atoms with Gasteiger partial charge in [-0.15, -0.1) is 0 Å².